The number of carbonyl (C=O) groups excluding carboxylic acids is 1. The van der Waals surface area contributed by atoms with Crippen LogP contribution < -0.4 is 4.74 Å². The number of hydrogen-bond acceptors (Lipinski definition) is 5. The molecule has 1 heterocycles. The molecule has 0 atom stereocenters. The highest BCUT2D eigenvalue weighted by Crippen LogP contribution is 2.04. The number of aromatic nitrogens is 2. The van der Waals surface area contributed by atoms with Crippen LogP contribution in [0.3, 0.4) is 0 Å². The summed E-state index contributed by atoms with van der Waals surface area (Å²) in [6, 6.07) is 0.322. The smallest absolute Gasteiger partial charge is 0.316 e. The summed E-state index contributed by atoms with van der Waals surface area (Å²) in [5.41, 5.74) is 0.810. The summed E-state index contributed by atoms with van der Waals surface area (Å²) in [6.07, 6.45) is 6.96. The minimum atomic E-state index is -0.242. The molecule has 0 unspecified atom stereocenters. The largest absolute Gasteiger partial charge is 0.467 e. The van der Waals surface area contributed by atoms with E-state index in [9.17, 15) is 4.79 Å². The summed E-state index contributed by atoms with van der Waals surface area (Å²) in [5.74, 6) is -0.242. The maximum Gasteiger partial charge on any atom is 0.316 e. The Bertz CT molecular complexity index is 360. The first-order chi connectivity index (χ1) is 7.76. The Morgan fingerprint density at radius 2 is 2.12 bits per heavy atom. The number of hydrogen-bond donors (Lipinski definition) is 0. The Hall–Kier alpha value is -1.91. The molecule has 0 aliphatic carbocycles. The van der Waals surface area contributed by atoms with Gasteiger partial charge in [-0.2, -0.15) is 0 Å². The number of methoxy groups -OCH3 is 1. The topological polar surface area (TPSA) is 61.3 Å². The van der Waals surface area contributed by atoms with Crippen molar-refractivity contribution in [3.05, 3.63) is 24.0 Å². The van der Waals surface area contributed by atoms with Crippen molar-refractivity contribution >= 4 is 12.0 Å². The molecule has 5 nitrogen and oxygen atoms in total. The average molecular weight is 222 g/mol. The first kappa shape index (κ1) is 12.2. The van der Waals surface area contributed by atoms with Gasteiger partial charge in [0.2, 0.25) is 0 Å². The van der Waals surface area contributed by atoms with Crippen molar-refractivity contribution in [3.63, 3.8) is 0 Å². The Kier molecular flexibility index (Phi) is 4.98. The summed E-state index contributed by atoms with van der Waals surface area (Å²) < 4.78 is 9.60. The van der Waals surface area contributed by atoms with Gasteiger partial charge in [-0.25, -0.2) is 9.97 Å². The standard InChI is InChI=1S/C11H14N2O3/c1-3-16-10(14)6-4-5-9-7-12-11(15-2)13-8-9/h4-5,7-8H,3,6H2,1-2H3. The van der Waals surface area contributed by atoms with Crippen LogP contribution >= 0.6 is 0 Å². The molecule has 1 rings (SSSR count). The van der Waals surface area contributed by atoms with Crippen LogP contribution in [0.5, 0.6) is 6.01 Å². The van der Waals surface area contributed by atoms with Crippen molar-refractivity contribution in [1.82, 2.24) is 9.97 Å². The zero-order valence-corrected chi connectivity index (χ0v) is 9.34. The van der Waals surface area contributed by atoms with Crippen LogP contribution in [0.2, 0.25) is 0 Å². The maximum absolute atomic E-state index is 11.0. The van der Waals surface area contributed by atoms with Crippen molar-refractivity contribution < 1.29 is 14.3 Å². The number of nitrogens with zero attached hydrogens (tertiary/aromatic N) is 2. The van der Waals surface area contributed by atoms with Gasteiger partial charge in [-0.05, 0) is 6.92 Å². The van der Waals surface area contributed by atoms with Gasteiger partial charge in [0, 0.05) is 18.0 Å². The molecule has 0 saturated carbocycles. The molecule has 1 aromatic heterocycles. The van der Waals surface area contributed by atoms with E-state index in [0.717, 1.165) is 5.56 Å². The Labute approximate surface area is 94.1 Å². The van der Waals surface area contributed by atoms with E-state index in [4.69, 9.17) is 9.47 Å². The molecule has 16 heavy (non-hydrogen) atoms. The van der Waals surface area contributed by atoms with E-state index in [1.807, 2.05) is 0 Å². The van der Waals surface area contributed by atoms with Gasteiger partial charge in [-0.1, -0.05) is 12.2 Å². The fourth-order valence-electron chi connectivity index (χ4n) is 1.03. The fraction of sp³-hybridized carbons (Fsp3) is 0.364. The van der Waals surface area contributed by atoms with Gasteiger partial charge in [-0.15, -0.1) is 0 Å². The third-order valence-corrected chi connectivity index (χ3v) is 1.73. The lowest BCUT2D eigenvalue weighted by atomic mass is 10.3. The molecule has 86 valence electrons. The zero-order valence-electron chi connectivity index (χ0n) is 9.34. The molecule has 0 radical (unpaired) electrons. The predicted molar refractivity (Wildman–Crippen MR) is 58.9 cm³/mol. The first-order valence-electron chi connectivity index (χ1n) is 4.94. The highest BCUT2D eigenvalue weighted by Gasteiger charge is 1.97. The van der Waals surface area contributed by atoms with Gasteiger partial charge in [0.1, 0.15) is 0 Å². The van der Waals surface area contributed by atoms with E-state index < -0.39 is 0 Å². The van der Waals surface area contributed by atoms with Crippen molar-refractivity contribution in [2.24, 2.45) is 0 Å². The molecule has 0 N–H and O–H groups in total. The van der Waals surface area contributed by atoms with Crippen molar-refractivity contribution in [2.75, 3.05) is 13.7 Å². The Morgan fingerprint density at radius 3 is 2.69 bits per heavy atom. The number of esters is 1. The summed E-state index contributed by atoms with van der Waals surface area (Å²) >= 11 is 0. The first-order valence-corrected chi connectivity index (χ1v) is 4.94. The molecule has 0 bridgehead atoms. The molecule has 0 spiro atoms. The number of ether oxygens (including phenoxy) is 2. The van der Waals surface area contributed by atoms with Crippen LogP contribution in [-0.2, 0) is 9.53 Å². The predicted octanol–water partition coefficient (Wildman–Crippen LogP) is 1.45. The molecule has 1 aromatic rings. The third-order valence-electron chi connectivity index (χ3n) is 1.73. The van der Waals surface area contributed by atoms with E-state index in [0.29, 0.717) is 12.6 Å². The minimum Gasteiger partial charge on any atom is -0.467 e. The quantitative estimate of drug-likeness (QED) is 0.706. The van der Waals surface area contributed by atoms with E-state index >= 15 is 0 Å². The summed E-state index contributed by atoms with van der Waals surface area (Å²) in [7, 11) is 1.51. The number of rotatable bonds is 5. The lowest BCUT2D eigenvalue weighted by Gasteiger charge is -1.97. The van der Waals surface area contributed by atoms with Crippen LogP contribution in [0.15, 0.2) is 18.5 Å². The summed E-state index contributed by atoms with van der Waals surface area (Å²) in [6.45, 7) is 2.18. The molecular formula is C11H14N2O3. The summed E-state index contributed by atoms with van der Waals surface area (Å²) in [5, 5.41) is 0. The van der Waals surface area contributed by atoms with Gasteiger partial charge < -0.3 is 9.47 Å². The zero-order chi connectivity index (χ0) is 11.8. The van der Waals surface area contributed by atoms with Crippen LogP contribution in [0.25, 0.3) is 6.08 Å². The Balaban J connectivity index is 2.46. The van der Waals surface area contributed by atoms with Crippen molar-refractivity contribution in [1.29, 1.82) is 0 Å². The second-order valence-electron chi connectivity index (χ2n) is 2.91. The molecule has 0 aliphatic heterocycles. The molecule has 0 fully saturated rings. The second-order valence-corrected chi connectivity index (χ2v) is 2.91. The van der Waals surface area contributed by atoms with Gasteiger partial charge >= 0.3 is 12.0 Å². The highest BCUT2D eigenvalue weighted by molar-refractivity contribution is 5.72. The molecule has 0 amide bonds. The van der Waals surface area contributed by atoms with Crippen LogP contribution in [0.4, 0.5) is 0 Å². The Morgan fingerprint density at radius 1 is 1.44 bits per heavy atom. The monoisotopic (exact) mass is 222 g/mol. The van der Waals surface area contributed by atoms with E-state index in [2.05, 4.69) is 9.97 Å². The van der Waals surface area contributed by atoms with E-state index in [-0.39, 0.29) is 12.4 Å². The summed E-state index contributed by atoms with van der Waals surface area (Å²) in [4.78, 5) is 18.9. The average Bonchev–Trinajstić information content (AvgIpc) is 2.30. The van der Waals surface area contributed by atoms with Gasteiger partial charge in [-0.3, -0.25) is 4.79 Å². The van der Waals surface area contributed by atoms with Crippen LogP contribution in [-0.4, -0.2) is 29.7 Å². The third kappa shape index (κ3) is 4.08. The normalized spacial score (nSPS) is 10.4. The fourth-order valence-corrected chi connectivity index (χ4v) is 1.03. The minimum absolute atomic E-state index is 0.242. The van der Waals surface area contributed by atoms with Gasteiger partial charge in [0.05, 0.1) is 20.1 Å². The SMILES string of the molecule is CCOC(=O)CC=Cc1cnc(OC)nc1. The highest BCUT2D eigenvalue weighted by atomic mass is 16.5. The molecule has 0 aromatic carbocycles. The molecular weight excluding hydrogens is 208 g/mol. The molecule has 0 saturated heterocycles. The maximum atomic E-state index is 11.0. The lowest BCUT2D eigenvalue weighted by molar-refractivity contribution is -0.142. The number of carbonyl (C=O) groups is 1. The van der Waals surface area contributed by atoms with E-state index in [1.54, 1.807) is 31.5 Å². The van der Waals surface area contributed by atoms with E-state index in [1.165, 1.54) is 7.11 Å². The second kappa shape index (κ2) is 6.55. The lowest BCUT2D eigenvalue weighted by Crippen LogP contribution is -2.01. The molecule has 5 heteroatoms. The van der Waals surface area contributed by atoms with Gasteiger partial charge in [0.25, 0.3) is 0 Å². The van der Waals surface area contributed by atoms with Crippen molar-refractivity contribution in [2.45, 2.75) is 13.3 Å². The van der Waals surface area contributed by atoms with Crippen LogP contribution in [0.1, 0.15) is 18.9 Å². The van der Waals surface area contributed by atoms with Crippen molar-refractivity contribution in [3.8, 4) is 6.01 Å². The molecule has 0 aliphatic rings. The van der Waals surface area contributed by atoms with Crippen LogP contribution in [0, 0.1) is 0 Å². The van der Waals surface area contributed by atoms with Gasteiger partial charge in [0.15, 0.2) is 0 Å².